The van der Waals surface area contributed by atoms with Gasteiger partial charge in [-0.25, -0.2) is 4.79 Å². The summed E-state index contributed by atoms with van der Waals surface area (Å²) in [5.74, 6) is 1.17. The van der Waals surface area contributed by atoms with E-state index in [2.05, 4.69) is 0 Å². The Morgan fingerprint density at radius 2 is 1.77 bits per heavy atom. The molecule has 0 amide bonds. The third kappa shape index (κ3) is 4.03. The molecule has 0 saturated carbocycles. The van der Waals surface area contributed by atoms with E-state index in [-0.39, 0.29) is 5.78 Å². The summed E-state index contributed by atoms with van der Waals surface area (Å²) >= 11 is 0. The molecule has 6 nitrogen and oxygen atoms in total. The van der Waals surface area contributed by atoms with Crippen molar-refractivity contribution in [2.24, 2.45) is 0 Å². The standard InChI is InChI=1S/C20H21NO5/c1-24-16-4-6-17(7-5-16)26-10-9-21-12-15-11-14(20(23)25-2)3-8-18(15)19(22)13-21/h3-8,11H,9-10,12-13H2,1-2H3. The van der Waals surface area contributed by atoms with Gasteiger partial charge in [-0.2, -0.15) is 0 Å². The lowest BCUT2D eigenvalue weighted by Crippen LogP contribution is -2.37. The highest BCUT2D eigenvalue weighted by Gasteiger charge is 2.24. The zero-order valence-corrected chi connectivity index (χ0v) is 14.9. The van der Waals surface area contributed by atoms with Crippen LogP contribution in [0.1, 0.15) is 26.3 Å². The maximum atomic E-state index is 12.3. The van der Waals surface area contributed by atoms with Gasteiger partial charge < -0.3 is 14.2 Å². The van der Waals surface area contributed by atoms with E-state index < -0.39 is 5.97 Å². The number of ether oxygens (including phenoxy) is 3. The molecule has 0 spiro atoms. The van der Waals surface area contributed by atoms with Crippen molar-refractivity contribution in [3.8, 4) is 11.5 Å². The summed E-state index contributed by atoms with van der Waals surface area (Å²) < 4.78 is 15.6. The minimum atomic E-state index is -0.403. The minimum Gasteiger partial charge on any atom is -0.497 e. The zero-order chi connectivity index (χ0) is 18.5. The van der Waals surface area contributed by atoms with Gasteiger partial charge in [0.15, 0.2) is 5.78 Å². The lowest BCUT2D eigenvalue weighted by molar-refractivity contribution is 0.0599. The van der Waals surface area contributed by atoms with Crippen molar-refractivity contribution in [2.75, 3.05) is 33.9 Å². The lowest BCUT2D eigenvalue weighted by Gasteiger charge is -2.27. The molecule has 0 unspecified atom stereocenters. The summed E-state index contributed by atoms with van der Waals surface area (Å²) in [6.07, 6.45) is 0. The van der Waals surface area contributed by atoms with Crippen LogP contribution in [-0.4, -0.2) is 50.6 Å². The monoisotopic (exact) mass is 355 g/mol. The molecule has 0 atom stereocenters. The molecule has 1 heterocycles. The predicted octanol–water partition coefficient (Wildman–Crippen LogP) is 2.56. The van der Waals surface area contributed by atoms with Crippen LogP contribution in [0.4, 0.5) is 0 Å². The molecule has 2 aromatic carbocycles. The Kier molecular flexibility index (Phi) is 5.53. The van der Waals surface area contributed by atoms with Crippen LogP contribution in [0.3, 0.4) is 0 Å². The molecule has 0 radical (unpaired) electrons. The van der Waals surface area contributed by atoms with Crippen LogP contribution in [0.5, 0.6) is 11.5 Å². The van der Waals surface area contributed by atoms with Gasteiger partial charge in [-0.3, -0.25) is 9.69 Å². The average Bonchev–Trinajstić information content (AvgIpc) is 2.67. The van der Waals surface area contributed by atoms with Crippen LogP contribution in [0.15, 0.2) is 42.5 Å². The van der Waals surface area contributed by atoms with Gasteiger partial charge >= 0.3 is 5.97 Å². The Labute approximate surface area is 152 Å². The second-order valence-corrected chi connectivity index (χ2v) is 6.02. The van der Waals surface area contributed by atoms with Gasteiger partial charge in [0.1, 0.15) is 18.1 Å². The number of rotatable bonds is 6. The van der Waals surface area contributed by atoms with Gasteiger partial charge in [0.25, 0.3) is 0 Å². The number of fused-ring (bicyclic) bond motifs is 1. The van der Waals surface area contributed by atoms with Crippen molar-refractivity contribution in [3.05, 3.63) is 59.2 Å². The van der Waals surface area contributed by atoms with Crippen molar-refractivity contribution >= 4 is 11.8 Å². The van der Waals surface area contributed by atoms with Crippen LogP contribution in [-0.2, 0) is 11.3 Å². The number of methoxy groups -OCH3 is 2. The molecule has 0 aliphatic carbocycles. The summed E-state index contributed by atoms with van der Waals surface area (Å²) in [6.45, 7) is 2.01. The molecule has 2 aromatic rings. The van der Waals surface area contributed by atoms with Crippen LogP contribution in [0.25, 0.3) is 0 Å². The Morgan fingerprint density at radius 3 is 2.46 bits per heavy atom. The highest BCUT2D eigenvalue weighted by molar-refractivity contribution is 6.01. The quantitative estimate of drug-likeness (QED) is 0.742. The molecule has 3 rings (SSSR count). The van der Waals surface area contributed by atoms with Gasteiger partial charge in [0.05, 0.1) is 26.3 Å². The normalized spacial score (nSPS) is 13.8. The van der Waals surface area contributed by atoms with Gasteiger partial charge in [-0.15, -0.1) is 0 Å². The number of hydrogen-bond donors (Lipinski definition) is 0. The second-order valence-electron chi connectivity index (χ2n) is 6.02. The van der Waals surface area contributed by atoms with E-state index in [1.807, 2.05) is 29.2 Å². The van der Waals surface area contributed by atoms with Crippen molar-refractivity contribution in [3.63, 3.8) is 0 Å². The molecular formula is C20H21NO5. The molecule has 136 valence electrons. The first-order valence-electron chi connectivity index (χ1n) is 8.34. The SMILES string of the molecule is COC(=O)c1ccc2c(c1)CN(CCOc1ccc(OC)cc1)CC2=O. The van der Waals surface area contributed by atoms with E-state index >= 15 is 0 Å². The predicted molar refractivity (Wildman–Crippen MR) is 95.9 cm³/mol. The highest BCUT2D eigenvalue weighted by atomic mass is 16.5. The van der Waals surface area contributed by atoms with Crippen LogP contribution < -0.4 is 9.47 Å². The first-order valence-corrected chi connectivity index (χ1v) is 8.34. The fourth-order valence-electron chi connectivity index (χ4n) is 2.95. The summed E-state index contributed by atoms with van der Waals surface area (Å²) in [5, 5.41) is 0. The van der Waals surface area contributed by atoms with Crippen LogP contribution in [0.2, 0.25) is 0 Å². The topological polar surface area (TPSA) is 65.1 Å². The maximum Gasteiger partial charge on any atom is 0.337 e. The molecule has 0 N–H and O–H groups in total. The van der Waals surface area contributed by atoms with Crippen molar-refractivity contribution in [1.29, 1.82) is 0 Å². The Balaban J connectivity index is 1.60. The second kappa shape index (κ2) is 8.01. The molecule has 0 bridgehead atoms. The van der Waals surface area contributed by atoms with Crippen molar-refractivity contribution in [2.45, 2.75) is 6.54 Å². The van der Waals surface area contributed by atoms with Gasteiger partial charge in [-0.05, 0) is 42.0 Å². The van der Waals surface area contributed by atoms with E-state index in [9.17, 15) is 9.59 Å². The molecule has 1 aliphatic heterocycles. The molecule has 0 fully saturated rings. The Hall–Kier alpha value is -2.86. The lowest BCUT2D eigenvalue weighted by atomic mass is 9.96. The summed E-state index contributed by atoms with van der Waals surface area (Å²) in [6, 6.07) is 12.4. The summed E-state index contributed by atoms with van der Waals surface area (Å²) in [5.41, 5.74) is 1.97. The molecule has 6 heteroatoms. The third-order valence-electron chi connectivity index (χ3n) is 4.32. The Morgan fingerprint density at radius 1 is 1.04 bits per heavy atom. The number of benzene rings is 2. The molecule has 26 heavy (non-hydrogen) atoms. The minimum absolute atomic E-state index is 0.0483. The first kappa shape index (κ1) is 17.9. The van der Waals surface area contributed by atoms with E-state index in [1.165, 1.54) is 7.11 Å². The van der Waals surface area contributed by atoms with Crippen molar-refractivity contribution < 1.29 is 23.8 Å². The number of carbonyl (C=O) groups excluding carboxylic acids is 2. The van der Waals surface area contributed by atoms with E-state index in [4.69, 9.17) is 14.2 Å². The number of esters is 1. The fraction of sp³-hybridized carbons (Fsp3) is 0.300. The first-order chi connectivity index (χ1) is 12.6. The highest BCUT2D eigenvalue weighted by Crippen LogP contribution is 2.21. The van der Waals surface area contributed by atoms with Gasteiger partial charge in [0, 0.05) is 18.7 Å². The summed E-state index contributed by atoms with van der Waals surface area (Å²) in [7, 11) is 2.96. The number of carbonyl (C=O) groups is 2. The number of hydrogen-bond acceptors (Lipinski definition) is 6. The van der Waals surface area contributed by atoms with Gasteiger partial charge in [0.2, 0.25) is 0 Å². The molecule has 0 saturated heterocycles. The maximum absolute atomic E-state index is 12.3. The van der Waals surface area contributed by atoms with Crippen molar-refractivity contribution in [1.82, 2.24) is 4.90 Å². The molecular weight excluding hydrogens is 334 g/mol. The average molecular weight is 355 g/mol. The van der Waals surface area contributed by atoms with E-state index in [0.29, 0.717) is 37.4 Å². The number of ketones is 1. The van der Waals surface area contributed by atoms with E-state index in [1.54, 1.807) is 25.3 Å². The number of nitrogens with zero attached hydrogens (tertiary/aromatic N) is 1. The third-order valence-corrected chi connectivity index (χ3v) is 4.32. The number of Topliss-reactive ketones (excluding diaryl/α,β-unsaturated/α-hetero) is 1. The summed E-state index contributed by atoms with van der Waals surface area (Å²) in [4.78, 5) is 26.0. The zero-order valence-electron chi connectivity index (χ0n) is 14.9. The smallest absolute Gasteiger partial charge is 0.337 e. The molecule has 0 aromatic heterocycles. The molecule has 1 aliphatic rings. The fourth-order valence-corrected chi connectivity index (χ4v) is 2.95. The van der Waals surface area contributed by atoms with Crippen LogP contribution in [0, 0.1) is 0 Å². The van der Waals surface area contributed by atoms with Gasteiger partial charge in [-0.1, -0.05) is 6.07 Å². The largest absolute Gasteiger partial charge is 0.497 e. The van der Waals surface area contributed by atoms with E-state index in [0.717, 1.165) is 17.1 Å². The van der Waals surface area contributed by atoms with Crippen LogP contribution >= 0.6 is 0 Å². The Bertz CT molecular complexity index is 800.